The smallest absolute Gasteiger partial charge is 0.308 e. The van der Waals surface area contributed by atoms with Crippen LogP contribution in [0.5, 0.6) is 0 Å². The Balaban J connectivity index is 2.33. The lowest BCUT2D eigenvalue weighted by molar-refractivity contribution is -0.145. The van der Waals surface area contributed by atoms with E-state index >= 15 is 0 Å². The summed E-state index contributed by atoms with van der Waals surface area (Å²) in [4.78, 5) is 15.0. The third-order valence-electron chi connectivity index (χ3n) is 3.76. The number of esters is 1. The van der Waals surface area contributed by atoms with E-state index in [0.717, 1.165) is 19.3 Å². The summed E-state index contributed by atoms with van der Waals surface area (Å²) in [6.45, 7) is 4.17. The molecule has 1 N–H and O–H groups in total. The van der Waals surface area contributed by atoms with Gasteiger partial charge in [-0.15, -0.1) is 0 Å². The Morgan fingerprint density at radius 2 is 2.11 bits per heavy atom. The Kier molecular flexibility index (Phi) is 4.25. The molecule has 3 heteroatoms. The number of carbonyl (C=O) groups is 1. The predicted octanol–water partition coefficient (Wildman–Crippen LogP) is 3.47. The first-order valence-corrected chi connectivity index (χ1v) is 6.86. The molecule has 1 heterocycles. The summed E-state index contributed by atoms with van der Waals surface area (Å²) >= 11 is 0. The van der Waals surface area contributed by atoms with E-state index in [1.165, 1.54) is 29.1 Å². The van der Waals surface area contributed by atoms with Crippen molar-refractivity contribution in [3.8, 4) is 0 Å². The van der Waals surface area contributed by atoms with Crippen molar-refractivity contribution in [1.29, 1.82) is 0 Å². The molecule has 0 saturated carbocycles. The van der Waals surface area contributed by atoms with Gasteiger partial charge in [-0.05, 0) is 30.4 Å². The van der Waals surface area contributed by atoms with Crippen LogP contribution in [-0.4, -0.2) is 18.1 Å². The van der Waals surface area contributed by atoms with Gasteiger partial charge in [0.05, 0.1) is 13.0 Å². The maximum absolute atomic E-state index is 11.7. The van der Waals surface area contributed by atoms with E-state index in [4.69, 9.17) is 4.74 Å². The molecule has 0 unspecified atom stereocenters. The number of aromatic amines is 1. The van der Waals surface area contributed by atoms with Gasteiger partial charge in [0.1, 0.15) is 0 Å². The molecular weight excluding hydrogens is 238 g/mol. The fourth-order valence-electron chi connectivity index (χ4n) is 2.57. The number of hydrogen-bond acceptors (Lipinski definition) is 2. The number of fused-ring (bicyclic) bond motifs is 1. The highest BCUT2D eigenvalue weighted by Crippen LogP contribution is 2.25. The second-order valence-electron chi connectivity index (χ2n) is 4.84. The standard InChI is InChI=1S/C16H21NO2/c1-4-11-7-6-8-14-13(10-17-15(11)14)9-12(5-2)16(18)19-3/h6-8,10,12,17H,4-5,9H2,1-3H3/t12-/m0/s1. The van der Waals surface area contributed by atoms with Gasteiger partial charge in [-0.3, -0.25) is 4.79 Å². The molecule has 3 nitrogen and oxygen atoms in total. The van der Waals surface area contributed by atoms with E-state index in [2.05, 4.69) is 30.1 Å². The highest BCUT2D eigenvalue weighted by molar-refractivity contribution is 5.86. The lowest BCUT2D eigenvalue weighted by Gasteiger charge is -2.11. The zero-order valence-electron chi connectivity index (χ0n) is 11.8. The van der Waals surface area contributed by atoms with Crippen LogP contribution >= 0.6 is 0 Å². The van der Waals surface area contributed by atoms with E-state index in [0.29, 0.717) is 0 Å². The molecule has 0 aliphatic carbocycles. The number of hydrogen-bond donors (Lipinski definition) is 1. The van der Waals surface area contributed by atoms with Crippen LogP contribution in [0.25, 0.3) is 10.9 Å². The number of ether oxygens (including phenoxy) is 1. The minimum atomic E-state index is -0.122. The molecule has 1 atom stereocenters. The first kappa shape index (κ1) is 13.7. The largest absolute Gasteiger partial charge is 0.469 e. The normalized spacial score (nSPS) is 12.6. The van der Waals surface area contributed by atoms with Gasteiger partial charge in [0.25, 0.3) is 0 Å². The molecule has 0 spiro atoms. The minimum Gasteiger partial charge on any atom is -0.469 e. The topological polar surface area (TPSA) is 42.1 Å². The lowest BCUT2D eigenvalue weighted by Crippen LogP contribution is -2.17. The Morgan fingerprint density at radius 1 is 1.32 bits per heavy atom. The number of aromatic nitrogens is 1. The van der Waals surface area contributed by atoms with E-state index < -0.39 is 0 Å². The van der Waals surface area contributed by atoms with Gasteiger partial charge in [0, 0.05) is 17.1 Å². The highest BCUT2D eigenvalue weighted by Gasteiger charge is 2.19. The predicted molar refractivity (Wildman–Crippen MR) is 77.2 cm³/mol. The molecule has 0 aliphatic heterocycles. The highest BCUT2D eigenvalue weighted by atomic mass is 16.5. The van der Waals surface area contributed by atoms with Crippen molar-refractivity contribution in [3.63, 3.8) is 0 Å². The minimum absolute atomic E-state index is 0.0608. The van der Waals surface area contributed by atoms with Gasteiger partial charge < -0.3 is 9.72 Å². The van der Waals surface area contributed by atoms with Crippen LogP contribution in [0.1, 0.15) is 31.4 Å². The molecule has 19 heavy (non-hydrogen) atoms. The average Bonchev–Trinajstić information content (AvgIpc) is 2.86. The van der Waals surface area contributed by atoms with Crippen LogP contribution < -0.4 is 0 Å². The van der Waals surface area contributed by atoms with Crippen molar-refractivity contribution in [1.82, 2.24) is 4.98 Å². The maximum Gasteiger partial charge on any atom is 0.308 e. The molecule has 0 aliphatic rings. The summed E-state index contributed by atoms with van der Waals surface area (Å²) in [5.74, 6) is -0.183. The first-order chi connectivity index (χ1) is 9.21. The third-order valence-corrected chi connectivity index (χ3v) is 3.76. The Morgan fingerprint density at radius 3 is 2.74 bits per heavy atom. The first-order valence-electron chi connectivity index (χ1n) is 6.86. The summed E-state index contributed by atoms with van der Waals surface area (Å²) in [7, 11) is 1.45. The monoisotopic (exact) mass is 259 g/mol. The average molecular weight is 259 g/mol. The summed E-state index contributed by atoms with van der Waals surface area (Å²) in [6.07, 6.45) is 4.56. The summed E-state index contributed by atoms with van der Waals surface area (Å²) in [6, 6.07) is 6.34. The fourth-order valence-corrected chi connectivity index (χ4v) is 2.57. The van der Waals surface area contributed by atoms with Crippen LogP contribution in [0.4, 0.5) is 0 Å². The Labute approximate surface area is 114 Å². The molecule has 0 amide bonds. The molecule has 0 fully saturated rings. The van der Waals surface area contributed by atoms with Crippen molar-refractivity contribution in [2.75, 3.05) is 7.11 Å². The van der Waals surface area contributed by atoms with E-state index in [9.17, 15) is 4.79 Å². The van der Waals surface area contributed by atoms with E-state index in [1.807, 2.05) is 13.1 Å². The quantitative estimate of drug-likeness (QED) is 0.835. The summed E-state index contributed by atoms with van der Waals surface area (Å²) in [5.41, 5.74) is 3.71. The number of H-pyrrole nitrogens is 1. The number of methoxy groups -OCH3 is 1. The van der Waals surface area contributed by atoms with Crippen molar-refractivity contribution >= 4 is 16.9 Å². The van der Waals surface area contributed by atoms with Gasteiger partial charge >= 0.3 is 5.97 Å². The molecular formula is C16H21NO2. The van der Waals surface area contributed by atoms with Gasteiger partial charge in [0.15, 0.2) is 0 Å². The fraction of sp³-hybridized carbons (Fsp3) is 0.438. The Bertz CT molecular complexity index is 571. The molecule has 0 saturated heterocycles. The number of benzene rings is 1. The van der Waals surface area contributed by atoms with Gasteiger partial charge in [-0.1, -0.05) is 32.0 Å². The second-order valence-corrected chi connectivity index (χ2v) is 4.84. The SMILES string of the molecule is CCc1cccc2c(C[C@H](CC)C(=O)OC)c[nH]c12. The van der Waals surface area contributed by atoms with Gasteiger partial charge in [-0.25, -0.2) is 0 Å². The van der Waals surface area contributed by atoms with E-state index in [-0.39, 0.29) is 11.9 Å². The van der Waals surface area contributed by atoms with Crippen molar-refractivity contribution in [3.05, 3.63) is 35.5 Å². The Hall–Kier alpha value is -1.77. The lowest BCUT2D eigenvalue weighted by atomic mass is 9.96. The summed E-state index contributed by atoms with van der Waals surface area (Å²) < 4.78 is 4.86. The number of rotatable bonds is 5. The third kappa shape index (κ3) is 2.65. The van der Waals surface area contributed by atoms with Crippen molar-refractivity contribution in [2.45, 2.75) is 33.1 Å². The second kappa shape index (κ2) is 5.91. The summed E-state index contributed by atoms with van der Waals surface area (Å²) in [5, 5.41) is 1.22. The molecule has 1 aromatic carbocycles. The molecule has 0 bridgehead atoms. The number of para-hydroxylation sites is 1. The zero-order chi connectivity index (χ0) is 13.8. The number of carbonyl (C=O) groups excluding carboxylic acids is 1. The van der Waals surface area contributed by atoms with Crippen LogP contribution in [0, 0.1) is 5.92 Å². The molecule has 0 radical (unpaired) electrons. The van der Waals surface area contributed by atoms with Gasteiger partial charge in [-0.2, -0.15) is 0 Å². The van der Waals surface area contributed by atoms with Crippen LogP contribution in [0.3, 0.4) is 0 Å². The molecule has 1 aromatic heterocycles. The van der Waals surface area contributed by atoms with Crippen molar-refractivity contribution in [2.24, 2.45) is 5.92 Å². The molecule has 102 valence electrons. The zero-order valence-corrected chi connectivity index (χ0v) is 11.8. The number of aryl methyl sites for hydroxylation is 1. The molecule has 2 aromatic rings. The van der Waals surface area contributed by atoms with Crippen LogP contribution in [0.15, 0.2) is 24.4 Å². The van der Waals surface area contributed by atoms with Crippen molar-refractivity contribution < 1.29 is 9.53 Å². The van der Waals surface area contributed by atoms with Gasteiger partial charge in [0.2, 0.25) is 0 Å². The van der Waals surface area contributed by atoms with Crippen LogP contribution in [0.2, 0.25) is 0 Å². The number of nitrogens with one attached hydrogen (secondary N) is 1. The van der Waals surface area contributed by atoms with E-state index in [1.54, 1.807) is 0 Å². The van der Waals surface area contributed by atoms with Crippen LogP contribution in [-0.2, 0) is 22.4 Å². The molecule has 2 rings (SSSR count). The maximum atomic E-state index is 11.7.